The number of sulfone groups is 1. The van der Waals surface area contributed by atoms with E-state index in [0.29, 0.717) is 26.1 Å². The molecule has 0 atom stereocenters. The molecular weight excluding hydrogens is 327 g/mol. The predicted molar refractivity (Wildman–Crippen MR) is 74.4 cm³/mol. The van der Waals surface area contributed by atoms with Crippen molar-refractivity contribution in [1.29, 1.82) is 0 Å². The van der Waals surface area contributed by atoms with Gasteiger partial charge in [-0.15, -0.1) is 0 Å². The summed E-state index contributed by atoms with van der Waals surface area (Å²) in [5.74, 6) is -1.36. The molecule has 1 saturated heterocycles. The van der Waals surface area contributed by atoms with Crippen LogP contribution < -0.4 is 0 Å². The zero-order valence-corrected chi connectivity index (χ0v) is 12.6. The minimum Gasteiger partial charge on any atom is -0.478 e. The summed E-state index contributed by atoms with van der Waals surface area (Å²) >= 11 is 11.7. The van der Waals surface area contributed by atoms with E-state index in [1.54, 1.807) is 0 Å². The second-order valence-electron chi connectivity index (χ2n) is 4.40. The van der Waals surface area contributed by atoms with Crippen LogP contribution in [-0.4, -0.2) is 38.0 Å². The lowest BCUT2D eigenvalue weighted by atomic mass is 10.2. The van der Waals surface area contributed by atoms with Gasteiger partial charge in [0.05, 0.1) is 25.8 Å². The number of halogens is 2. The van der Waals surface area contributed by atoms with Gasteiger partial charge in [-0.2, -0.15) is 0 Å². The van der Waals surface area contributed by atoms with Crippen molar-refractivity contribution in [2.45, 2.75) is 23.0 Å². The number of carboxylic acids is 1. The van der Waals surface area contributed by atoms with Crippen molar-refractivity contribution in [1.82, 2.24) is 0 Å². The molecule has 0 unspecified atom stereocenters. The predicted octanol–water partition coefficient (Wildman–Crippen LogP) is 2.64. The van der Waals surface area contributed by atoms with Crippen LogP contribution in [0.3, 0.4) is 0 Å². The Labute approximate surface area is 126 Å². The summed E-state index contributed by atoms with van der Waals surface area (Å²) < 4.78 is 30.2. The summed E-state index contributed by atoms with van der Waals surface area (Å²) in [4.78, 5) is 10.9. The number of aromatic carboxylic acids is 1. The molecule has 1 aromatic rings. The van der Waals surface area contributed by atoms with Gasteiger partial charge in [0.2, 0.25) is 0 Å². The Morgan fingerprint density at radius 3 is 2.40 bits per heavy atom. The van der Waals surface area contributed by atoms with Crippen LogP contribution in [0, 0.1) is 0 Å². The van der Waals surface area contributed by atoms with Gasteiger partial charge in [0.1, 0.15) is 0 Å². The number of rotatable bonds is 3. The van der Waals surface area contributed by atoms with Crippen LogP contribution in [0.15, 0.2) is 17.0 Å². The van der Waals surface area contributed by atoms with Gasteiger partial charge in [0.25, 0.3) is 0 Å². The first-order chi connectivity index (χ1) is 9.35. The SMILES string of the molecule is O=C(O)c1c(Cl)ccc(S(=O)(=O)C2CCOCC2)c1Cl. The van der Waals surface area contributed by atoms with Gasteiger partial charge >= 0.3 is 5.97 Å². The molecule has 20 heavy (non-hydrogen) atoms. The van der Waals surface area contributed by atoms with Crippen LogP contribution in [0.2, 0.25) is 10.0 Å². The standard InChI is InChI=1S/C12H12Cl2O5S/c13-8-1-2-9(11(14)10(8)12(15)16)20(17,18)7-3-5-19-6-4-7/h1-2,7H,3-6H2,(H,15,16). The maximum atomic E-state index is 12.5. The molecule has 1 heterocycles. The fraction of sp³-hybridized carbons (Fsp3) is 0.417. The molecule has 1 aliphatic heterocycles. The van der Waals surface area contributed by atoms with Crippen LogP contribution in [-0.2, 0) is 14.6 Å². The van der Waals surface area contributed by atoms with Crippen LogP contribution >= 0.6 is 23.2 Å². The maximum Gasteiger partial charge on any atom is 0.338 e. The van der Waals surface area contributed by atoms with Gasteiger partial charge in [0, 0.05) is 13.2 Å². The molecule has 0 amide bonds. The first-order valence-corrected chi connectivity index (χ1v) is 8.19. The van der Waals surface area contributed by atoms with E-state index in [4.69, 9.17) is 33.0 Å². The Balaban J connectivity index is 2.52. The fourth-order valence-corrected chi connectivity index (χ4v) is 4.75. The molecular formula is C12H12Cl2O5S. The van der Waals surface area contributed by atoms with Crippen LogP contribution in [0.1, 0.15) is 23.2 Å². The third-order valence-corrected chi connectivity index (χ3v) is 6.31. The van der Waals surface area contributed by atoms with Gasteiger partial charge in [-0.25, -0.2) is 13.2 Å². The second kappa shape index (κ2) is 5.89. The summed E-state index contributed by atoms with van der Waals surface area (Å²) in [6.07, 6.45) is 0.730. The molecule has 1 N–H and O–H groups in total. The van der Waals surface area contributed by atoms with Gasteiger partial charge in [-0.05, 0) is 25.0 Å². The molecule has 0 aliphatic carbocycles. The summed E-state index contributed by atoms with van der Waals surface area (Å²) in [5, 5.41) is 8.02. The van der Waals surface area contributed by atoms with Gasteiger partial charge in [0.15, 0.2) is 9.84 Å². The molecule has 0 bridgehead atoms. The van der Waals surface area contributed by atoms with Gasteiger partial charge in [-0.3, -0.25) is 0 Å². The highest BCUT2D eigenvalue weighted by atomic mass is 35.5. The van der Waals surface area contributed by atoms with Gasteiger partial charge < -0.3 is 9.84 Å². The topological polar surface area (TPSA) is 80.7 Å². The zero-order valence-electron chi connectivity index (χ0n) is 10.3. The molecule has 110 valence electrons. The molecule has 0 saturated carbocycles. The highest BCUT2D eigenvalue weighted by Crippen LogP contribution is 2.34. The van der Waals surface area contributed by atoms with Crippen LogP contribution in [0.25, 0.3) is 0 Å². The van der Waals surface area contributed by atoms with E-state index in [-0.39, 0.29) is 20.5 Å². The molecule has 0 spiro atoms. The maximum absolute atomic E-state index is 12.5. The van der Waals surface area contributed by atoms with E-state index >= 15 is 0 Å². The molecule has 0 radical (unpaired) electrons. The van der Waals surface area contributed by atoms with Crippen molar-refractivity contribution < 1.29 is 23.1 Å². The molecule has 1 aliphatic rings. The van der Waals surface area contributed by atoms with Crippen LogP contribution in [0.5, 0.6) is 0 Å². The minimum atomic E-state index is -3.70. The normalized spacial score (nSPS) is 17.1. The Morgan fingerprint density at radius 2 is 1.85 bits per heavy atom. The summed E-state index contributed by atoms with van der Waals surface area (Å²) in [6.45, 7) is 0.724. The van der Waals surface area contributed by atoms with E-state index in [1.165, 1.54) is 12.1 Å². The van der Waals surface area contributed by atoms with E-state index in [9.17, 15) is 13.2 Å². The molecule has 2 rings (SSSR count). The minimum absolute atomic E-state index is 0.0894. The van der Waals surface area contributed by atoms with Crippen molar-refractivity contribution >= 4 is 39.0 Å². The lowest BCUT2D eigenvalue weighted by Crippen LogP contribution is -2.29. The fourth-order valence-electron chi connectivity index (χ4n) is 2.11. The van der Waals surface area contributed by atoms with Crippen LogP contribution in [0.4, 0.5) is 0 Å². The largest absolute Gasteiger partial charge is 0.478 e. The lowest BCUT2D eigenvalue weighted by Gasteiger charge is -2.23. The Bertz CT molecular complexity index is 635. The average molecular weight is 339 g/mol. The average Bonchev–Trinajstić information content (AvgIpc) is 2.39. The van der Waals surface area contributed by atoms with E-state index < -0.39 is 21.1 Å². The van der Waals surface area contributed by atoms with Crippen molar-refractivity contribution in [3.63, 3.8) is 0 Å². The number of carbonyl (C=O) groups is 1. The first-order valence-electron chi connectivity index (χ1n) is 5.88. The lowest BCUT2D eigenvalue weighted by molar-refractivity contribution is 0.0697. The number of carboxylic acid groups (broad SMARTS) is 1. The monoisotopic (exact) mass is 338 g/mol. The highest BCUT2D eigenvalue weighted by Gasteiger charge is 2.33. The van der Waals surface area contributed by atoms with E-state index in [2.05, 4.69) is 0 Å². The smallest absolute Gasteiger partial charge is 0.338 e. The van der Waals surface area contributed by atoms with Gasteiger partial charge in [-0.1, -0.05) is 23.2 Å². The Morgan fingerprint density at radius 1 is 1.25 bits per heavy atom. The molecule has 5 nitrogen and oxygen atoms in total. The second-order valence-corrected chi connectivity index (χ2v) is 7.38. The Hall–Kier alpha value is -0.820. The number of benzene rings is 1. The number of hydrogen-bond donors (Lipinski definition) is 1. The molecule has 1 aromatic carbocycles. The first kappa shape index (κ1) is 15.6. The molecule has 8 heteroatoms. The molecule has 1 fully saturated rings. The third kappa shape index (κ3) is 2.79. The van der Waals surface area contributed by atoms with Crippen molar-refractivity contribution in [3.8, 4) is 0 Å². The quantitative estimate of drug-likeness (QED) is 0.916. The zero-order chi connectivity index (χ0) is 14.9. The number of ether oxygens (including phenoxy) is 1. The van der Waals surface area contributed by atoms with E-state index in [1.807, 2.05) is 0 Å². The van der Waals surface area contributed by atoms with Crippen molar-refractivity contribution in [3.05, 3.63) is 27.7 Å². The summed E-state index contributed by atoms with van der Waals surface area (Å²) in [7, 11) is -3.70. The number of hydrogen-bond acceptors (Lipinski definition) is 4. The highest BCUT2D eigenvalue weighted by molar-refractivity contribution is 7.92. The summed E-state index contributed by atoms with van der Waals surface area (Å²) in [5.41, 5.74) is -0.388. The van der Waals surface area contributed by atoms with E-state index in [0.717, 1.165) is 0 Å². The third-order valence-electron chi connectivity index (χ3n) is 3.18. The molecule has 0 aromatic heterocycles. The van der Waals surface area contributed by atoms with Crippen molar-refractivity contribution in [2.75, 3.05) is 13.2 Å². The summed E-state index contributed by atoms with van der Waals surface area (Å²) in [6, 6.07) is 2.49. The Kier molecular flexibility index (Phi) is 4.59. The van der Waals surface area contributed by atoms with Crippen molar-refractivity contribution in [2.24, 2.45) is 0 Å².